The summed E-state index contributed by atoms with van der Waals surface area (Å²) in [6.45, 7) is 2.67. The highest BCUT2D eigenvalue weighted by atomic mass is 32.2. The number of halogens is 3. The molecule has 0 amide bonds. The molecule has 1 aliphatic carbocycles. The minimum Gasteiger partial charge on any atom is -0.465 e. The number of aromatic nitrogens is 2. The summed E-state index contributed by atoms with van der Waals surface area (Å²) in [5, 5.41) is 1.12. The van der Waals surface area contributed by atoms with Crippen molar-refractivity contribution >= 4 is 45.8 Å². The second kappa shape index (κ2) is 9.27. The van der Waals surface area contributed by atoms with Crippen LogP contribution < -0.4 is 0 Å². The molecule has 0 radical (unpaired) electrons. The third-order valence-electron chi connectivity index (χ3n) is 5.14. The Kier molecular flexibility index (Phi) is 6.62. The van der Waals surface area contributed by atoms with Crippen LogP contribution >= 0.6 is 23.1 Å². The minimum absolute atomic E-state index is 0.0498. The van der Waals surface area contributed by atoms with Crippen LogP contribution in [-0.4, -0.2) is 33.7 Å². The maximum absolute atomic E-state index is 13.2. The molecule has 0 unspecified atom stereocenters. The van der Waals surface area contributed by atoms with Crippen molar-refractivity contribution in [2.24, 2.45) is 5.92 Å². The van der Waals surface area contributed by atoms with Gasteiger partial charge >= 0.3 is 12.1 Å². The van der Waals surface area contributed by atoms with E-state index in [1.807, 2.05) is 0 Å². The number of fused-ring (bicyclic) bond motifs is 1. The highest BCUT2D eigenvalue weighted by Crippen LogP contribution is 2.36. The van der Waals surface area contributed by atoms with Crippen LogP contribution in [0.5, 0.6) is 0 Å². The molecule has 0 aliphatic heterocycles. The van der Waals surface area contributed by atoms with E-state index in [4.69, 9.17) is 4.74 Å². The highest BCUT2D eigenvalue weighted by Gasteiger charge is 2.32. The fourth-order valence-corrected chi connectivity index (χ4v) is 5.25. The molecule has 2 heterocycles. The first-order valence-corrected chi connectivity index (χ1v) is 12.0. The number of carbonyl (C=O) groups excluding carboxylic acids is 2. The van der Waals surface area contributed by atoms with Gasteiger partial charge in [-0.1, -0.05) is 6.07 Å². The van der Waals surface area contributed by atoms with Gasteiger partial charge < -0.3 is 9.30 Å². The molecule has 5 nitrogen and oxygen atoms in total. The van der Waals surface area contributed by atoms with Gasteiger partial charge in [0.2, 0.25) is 0 Å². The third-order valence-corrected chi connectivity index (χ3v) is 7.31. The molecule has 0 atom stereocenters. The minimum atomic E-state index is -4.44. The Balaban J connectivity index is 1.54. The zero-order valence-corrected chi connectivity index (χ0v) is 18.9. The summed E-state index contributed by atoms with van der Waals surface area (Å²) in [4.78, 5) is 28.8. The number of carbonyl (C=O) groups is 2. The predicted octanol–water partition coefficient (Wildman–Crippen LogP) is 5.61. The molecule has 1 aliphatic rings. The van der Waals surface area contributed by atoms with Gasteiger partial charge in [-0.3, -0.25) is 9.59 Å². The van der Waals surface area contributed by atoms with Crippen molar-refractivity contribution in [3.8, 4) is 0 Å². The lowest BCUT2D eigenvalue weighted by Gasteiger charge is -2.08. The van der Waals surface area contributed by atoms with Gasteiger partial charge in [0, 0.05) is 29.2 Å². The Morgan fingerprint density at radius 2 is 2.09 bits per heavy atom. The van der Waals surface area contributed by atoms with E-state index in [9.17, 15) is 22.8 Å². The van der Waals surface area contributed by atoms with E-state index in [0.717, 1.165) is 29.2 Å². The highest BCUT2D eigenvalue weighted by molar-refractivity contribution is 8.01. The lowest BCUT2D eigenvalue weighted by atomic mass is 10.1. The van der Waals surface area contributed by atoms with Crippen LogP contribution in [0.15, 0.2) is 34.8 Å². The van der Waals surface area contributed by atoms with E-state index in [0.29, 0.717) is 40.5 Å². The number of alkyl halides is 3. The molecule has 4 rings (SSSR count). The van der Waals surface area contributed by atoms with Crippen LogP contribution in [0.25, 0.3) is 10.9 Å². The Hall–Kier alpha value is -2.33. The van der Waals surface area contributed by atoms with E-state index in [-0.39, 0.29) is 23.9 Å². The maximum atomic E-state index is 13.2. The summed E-state index contributed by atoms with van der Waals surface area (Å²) in [7, 11) is 0. The summed E-state index contributed by atoms with van der Waals surface area (Å²) in [6.07, 6.45) is 0.999. The lowest BCUT2D eigenvalue weighted by molar-refractivity contribution is -0.140. The van der Waals surface area contributed by atoms with Crippen LogP contribution in [-0.2, 0) is 28.7 Å². The van der Waals surface area contributed by atoms with Crippen LogP contribution in [0, 0.1) is 5.92 Å². The number of nitrogens with zero attached hydrogens (tertiary/aromatic N) is 2. The molecular formula is C22H21F3N2O3S2. The quantitative estimate of drug-likeness (QED) is 0.226. The van der Waals surface area contributed by atoms with E-state index in [1.165, 1.54) is 29.2 Å². The zero-order valence-electron chi connectivity index (χ0n) is 17.3. The van der Waals surface area contributed by atoms with Crippen molar-refractivity contribution in [2.45, 2.75) is 43.1 Å². The third kappa shape index (κ3) is 5.35. The summed E-state index contributed by atoms with van der Waals surface area (Å²) >= 11 is 2.62. The molecule has 0 N–H and O–H groups in total. The molecule has 3 aromatic rings. The van der Waals surface area contributed by atoms with Gasteiger partial charge in [-0.05, 0) is 37.8 Å². The fourth-order valence-electron chi connectivity index (χ4n) is 3.43. The summed E-state index contributed by atoms with van der Waals surface area (Å²) < 4.78 is 47.1. The average Bonchev–Trinajstić information content (AvgIpc) is 3.32. The Morgan fingerprint density at radius 1 is 1.31 bits per heavy atom. The van der Waals surface area contributed by atoms with E-state index in [2.05, 4.69) is 4.98 Å². The van der Waals surface area contributed by atoms with Crippen molar-refractivity contribution in [1.82, 2.24) is 9.55 Å². The van der Waals surface area contributed by atoms with Gasteiger partial charge in [0.25, 0.3) is 0 Å². The van der Waals surface area contributed by atoms with Crippen molar-refractivity contribution in [3.05, 3.63) is 46.7 Å². The number of hydrogen-bond acceptors (Lipinski definition) is 6. The molecular weight excluding hydrogens is 461 g/mol. The number of thiazole rings is 1. The van der Waals surface area contributed by atoms with Crippen molar-refractivity contribution in [3.63, 3.8) is 0 Å². The van der Waals surface area contributed by atoms with Crippen LogP contribution in [0.4, 0.5) is 13.2 Å². The number of ketones is 1. The van der Waals surface area contributed by atoms with Gasteiger partial charge in [0.05, 0.1) is 34.8 Å². The van der Waals surface area contributed by atoms with Crippen molar-refractivity contribution < 1.29 is 27.5 Å². The molecule has 1 fully saturated rings. The number of rotatable bonds is 9. The van der Waals surface area contributed by atoms with Gasteiger partial charge in [-0.15, -0.1) is 23.1 Å². The summed E-state index contributed by atoms with van der Waals surface area (Å²) in [5.74, 6) is 0.103. The molecule has 2 aromatic heterocycles. The first-order chi connectivity index (χ1) is 15.2. The zero-order chi connectivity index (χ0) is 22.9. The number of esters is 1. The summed E-state index contributed by atoms with van der Waals surface area (Å²) in [6, 6.07) is 3.54. The number of Topliss-reactive ketones (excluding diaryl/α,β-unsaturated/α-hetero) is 1. The first-order valence-electron chi connectivity index (χ1n) is 10.2. The monoisotopic (exact) mass is 482 g/mol. The number of benzene rings is 1. The van der Waals surface area contributed by atoms with E-state index < -0.39 is 11.7 Å². The molecule has 0 spiro atoms. The largest absolute Gasteiger partial charge is 0.465 e. The Morgan fingerprint density at radius 3 is 2.78 bits per heavy atom. The average molecular weight is 483 g/mol. The summed E-state index contributed by atoms with van der Waals surface area (Å²) in [5.41, 5.74) is 0.118. The fraction of sp³-hybridized carbons (Fsp3) is 0.409. The number of thioether (sulfide) groups is 1. The molecule has 0 bridgehead atoms. The first kappa shape index (κ1) is 22.8. The molecule has 10 heteroatoms. The molecule has 170 valence electrons. The van der Waals surface area contributed by atoms with Crippen LogP contribution in [0.1, 0.15) is 40.7 Å². The maximum Gasteiger partial charge on any atom is 0.416 e. The lowest BCUT2D eigenvalue weighted by Crippen LogP contribution is -2.05. The smallest absolute Gasteiger partial charge is 0.416 e. The second-order valence-corrected chi connectivity index (χ2v) is 10.0. The Bertz CT molecular complexity index is 1150. The van der Waals surface area contributed by atoms with Crippen LogP contribution in [0.3, 0.4) is 0 Å². The SMILES string of the molecule is CCOC(=O)CSc1cnc(CC(=O)c2cn(CC3CC3)c3cc(C(F)(F)F)ccc23)s1. The van der Waals surface area contributed by atoms with Crippen LogP contribution in [0.2, 0.25) is 0 Å². The van der Waals surface area contributed by atoms with Gasteiger partial charge in [-0.2, -0.15) is 13.2 Å². The van der Waals surface area contributed by atoms with Gasteiger partial charge in [-0.25, -0.2) is 4.98 Å². The molecule has 1 saturated carbocycles. The van der Waals surface area contributed by atoms with E-state index >= 15 is 0 Å². The van der Waals surface area contributed by atoms with Crippen molar-refractivity contribution in [1.29, 1.82) is 0 Å². The number of hydrogen-bond donors (Lipinski definition) is 0. The normalized spacial score (nSPS) is 14.1. The second-order valence-electron chi connectivity index (χ2n) is 7.63. The Labute approximate surface area is 191 Å². The number of ether oxygens (including phenoxy) is 1. The van der Waals surface area contributed by atoms with Gasteiger partial charge in [0.15, 0.2) is 5.78 Å². The molecule has 32 heavy (non-hydrogen) atoms. The standard InChI is InChI=1S/C22H21F3N2O3S2/c1-2-30-20(29)12-31-21-9-26-19(32-21)8-18(28)16-11-27(10-13-3-4-13)17-7-14(22(23,24)25)5-6-15(16)17/h5-7,9,11,13H,2-4,8,10,12H2,1H3. The molecule has 0 saturated heterocycles. The topological polar surface area (TPSA) is 61.2 Å². The van der Waals surface area contributed by atoms with Crippen molar-refractivity contribution in [2.75, 3.05) is 12.4 Å². The van der Waals surface area contributed by atoms with Gasteiger partial charge in [0.1, 0.15) is 5.01 Å². The molecule has 1 aromatic carbocycles. The van der Waals surface area contributed by atoms with E-state index in [1.54, 1.807) is 23.9 Å². The predicted molar refractivity (Wildman–Crippen MR) is 117 cm³/mol.